The molecule has 0 saturated carbocycles. The fourth-order valence-electron chi connectivity index (χ4n) is 1.57. The van der Waals surface area contributed by atoms with Crippen molar-refractivity contribution in [2.75, 3.05) is 32.1 Å². The van der Waals surface area contributed by atoms with Gasteiger partial charge in [0.05, 0.1) is 6.61 Å². The fraction of sp³-hybridized carbons (Fsp3) is 0.417. The molecule has 0 aliphatic heterocycles. The van der Waals surface area contributed by atoms with Crippen LogP contribution in [-0.2, 0) is 6.54 Å². The maximum atomic E-state index is 10.8. The molecule has 1 aromatic carbocycles. The van der Waals surface area contributed by atoms with E-state index in [4.69, 9.17) is 5.11 Å². The lowest BCUT2D eigenvalue weighted by Gasteiger charge is -2.19. The minimum absolute atomic E-state index is 0.118. The first-order valence-corrected chi connectivity index (χ1v) is 5.27. The van der Waals surface area contributed by atoms with Crippen LogP contribution < -0.4 is 10.2 Å². The van der Waals surface area contributed by atoms with Gasteiger partial charge >= 0.3 is 0 Å². The van der Waals surface area contributed by atoms with Crippen molar-refractivity contribution in [2.24, 2.45) is 0 Å². The van der Waals surface area contributed by atoms with E-state index in [9.17, 15) is 4.79 Å². The number of nitrogens with one attached hydrogen (secondary N) is 1. The number of nitrogens with zero attached hydrogens (tertiary/aromatic N) is 1. The van der Waals surface area contributed by atoms with Crippen molar-refractivity contribution >= 4 is 12.0 Å². The summed E-state index contributed by atoms with van der Waals surface area (Å²) in [5.74, 6) is 0. The van der Waals surface area contributed by atoms with Gasteiger partial charge in [-0.05, 0) is 30.8 Å². The molecule has 16 heavy (non-hydrogen) atoms. The lowest BCUT2D eigenvalue weighted by molar-refractivity contribution is 0.112. The third kappa shape index (κ3) is 3.05. The SMILES string of the molecule is CNCc1cc(N(C)CCO)ccc1C=O. The van der Waals surface area contributed by atoms with Crippen molar-refractivity contribution in [3.63, 3.8) is 0 Å². The number of aliphatic hydroxyl groups is 1. The van der Waals surface area contributed by atoms with Gasteiger partial charge in [-0.15, -0.1) is 0 Å². The average molecular weight is 222 g/mol. The van der Waals surface area contributed by atoms with Crippen LogP contribution in [-0.4, -0.2) is 38.6 Å². The van der Waals surface area contributed by atoms with Crippen molar-refractivity contribution in [3.8, 4) is 0 Å². The molecule has 0 saturated heterocycles. The van der Waals surface area contributed by atoms with E-state index in [0.29, 0.717) is 18.7 Å². The third-order valence-corrected chi connectivity index (χ3v) is 2.50. The average Bonchev–Trinajstić information content (AvgIpc) is 2.29. The monoisotopic (exact) mass is 222 g/mol. The first-order valence-electron chi connectivity index (χ1n) is 5.27. The molecule has 0 amide bonds. The minimum Gasteiger partial charge on any atom is -0.395 e. The summed E-state index contributed by atoms with van der Waals surface area (Å²) in [4.78, 5) is 12.8. The maximum absolute atomic E-state index is 10.8. The normalized spacial score (nSPS) is 10.2. The molecule has 0 bridgehead atoms. The van der Waals surface area contributed by atoms with E-state index in [1.165, 1.54) is 0 Å². The van der Waals surface area contributed by atoms with Crippen molar-refractivity contribution in [1.29, 1.82) is 0 Å². The molecule has 0 fully saturated rings. The van der Waals surface area contributed by atoms with E-state index in [0.717, 1.165) is 17.5 Å². The van der Waals surface area contributed by atoms with Crippen molar-refractivity contribution < 1.29 is 9.90 Å². The Kier molecular flexibility index (Phi) is 4.95. The van der Waals surface area contributed by atoms with E-state index in [1.54, 1.807) is 0 Å². The van der Waals surface area contributed by atoms with Gasteiger partial charge in [0.1, 0.15) is 6.29 Å². The molecule has 0 aromatic heterocycles. The Morgan fingerprint density at radius 3 is 2.81 bits per heavy atom. The zero-order valence-electron chi connectivity index (χ0n) is 9.73. The zero-order chi connectivity index (χ0) is 12.0. The van der Waals surface area contributed by atoms with Gasteiger partial charge in [-0.25, -0.2) is 0 Å². The minimum atomic E-state index is 0.118. The van der Waals surface area contributed by atoms with Crippen LogP contribution in [0, 0.1) is 0 Å². The van der Waals surface area contributed by atoms with E-state index >= 15 is 0 Å². The van der Waals surface area contributed by atoms with Crippen LogP contribution >= 0.6 is 0 Å². The van der Waals surface area contributed by atoms with Crippen LogP contribution in [0.25, 0.3) is 0 Å². The summed E-state index contributed by atoms with van der Waals surface area (Å²) < 4.78 is 0. The van der Waals surface area contributed by atoms with Gasteiger partial charge in [-0.1, -0.05) is 0 Å². The van der Waals surface area contributed by atoms with Gasteiger partial charge in [0, 0.05) is 31.4 Å². The molecular weight excluding hydrogens is 204 g/mol. The molecule has 0 aliphatic carbocycles. The molecule has 0 aliphatic rings. The van der Waals surface area contributed by atoms with E-state index in [2.05, 4.69) is 5.32 Å². The molecule has 4 heteroatoms. The van der Waals surface area contributed by atoms with Gasteiger partial charge in [-0.2, -0.15) is 0 Å². The van der Waals surface area contributed by atoms with Crippen LogP contribution in [0.2, 0.25) is 0 Å². The summed E-state index contributed by atoms with van der Waals surface area (Å²) in [6.07, 6.45) is 0.864. The van der Waals surface area contributed by atoms with Gasteiger partial charge in [0.15, 0.2) is 0 Å². The molecule has 88 valence electrons. The standard InChI is InChI=1S/C12H18N2O2/c1-13-8-11-7-12(14(2)5-6-15)4-3-10(11)9-16/h3-4,7,9,13,15H,5-6,8H2,1-2H3. The fourth-order valence-corrected chi connectivity index (χ4v) is 1.57. The van der Waals surface area contributed by atoms with Gasteiger partial charge < -0.3 is 15.3 Å². The van der Waals surface area contributed by atoms with Gasteiger partial charge in [0.25, 0.3) is 0 Å². The van der Waals surface area contributed by atoms with Crippen molar-refractivity contribution in [1.82, 2.24) is 5.32 Å². The van der Waals surface area contributed by atoms with Crippen LogP contribution in [0.5, 0.6) is 0 Å². The van der Waals surface area contributed by atoms with Crippen LogP contribution in [0.3, 0.4) is 0 Å². The first kappa shape index (κ1) is 12.7. The Labute approximate surface area is 95.9 Å². The van der Waals surface area contributed by atoms with Crippen LogP contribution in [0.4, 0.5) is 5.69 Å². The number of hydrogen-bond acceptors (Lipinski definition) is 4. The highest BCUT2D eigenvalue weighted by molar-refractivity contribution is 5.78. The Bertz CT molecular complexity index is 353. The van der Waals surface area contributed by atoms with E-state index < -0.39 is 0 Å². The Morgan fingerprint density at radius 1 is 1.50 bits per heavy atom. The Balaban J connectivity index is 2.96. The number of carbonyl (C=O) groups is 1. The molecule has 4 nitrogen and oxygen atoms in total. The van der Waals surface area contributed by atoms with Crippen molar-refractivity contribution in [2.45, 2.75) is 6.54 Å². The van der Waals surface area contributed by atoms with Gasteiger partial charge in [0.2, 0.25) is 0 Å². The molecular formula is C12H18N2O2. The zero-order valence-corrected chi connectivity index (χ0v) is 9.73. The topological polar surface area (TPSA) is 52.6 Å². The maximum Gasteiger partial charge on any atom is 0.150 e. The smallest absolute Gasteiger partial charge is 0.150 e. The third-order valence-electron chi connectivity index (χ3n) is 2.50. The summed E-state index contributed by atoms with van der Waals surface area (Å²) in [6.45, 7) is 1.36. The van der Waals surface area contributed by atoms with E-state index in [1.807, 2.05) is 37.2 Å². The number of likely N-dealkylation sites (N-methyl/N-ethyl adjacent to an activating group) is 1. The van der Waals surface area contributed by atoms with Crippen LogP contribution in [0.15, 0.2) is 18.2 Å². The first-order chi connectivity index (χ1) is 7.72. The molecule has 0 spiro atoms. The quantitative estimate of drug-likeness (QED) is 0.694. The summed E-state index contributed by atoms with van der Waals surface area (Å²) in [5, 5.41) is 11.9. The highest BCUT2D eigenvalue weighted by atomic mass is 16.3. The summed E-state index contributed by atoms with van der Waals surface area (Å²) in [7, 11) is 3.76. The molecule has 0 heterocycles. The molecule has 0 atom stereocenters. The second-order valence-corrected chi connectivity index (χ2v) is 3.68. The molecule has 2 N–H and O–H groups in total. The van der Waals surface area contributed by atoms with Crippen molar-refractivity contribution in [3.05, 3.63) is 29.3 Å². The Hall–Kier alpha value is -1.39. The number of carbonyl (C=O) groups excluding carboxylic acids is 1. The number of anilines is 1. The second kappa shape index (κ2) is 6.25. The van der Waals surface area contributed by atoms with Crippen LogP contribution in [0.1, 0.15) is 15.9 Å². The van der Waals surface area contributed by atoms with E-state index in [-0.39, 0.29) is 6.61 Å². The molecule has 1 rings (SSSR count). The second-order valence-electron chi connectivity index (χ2n) is 3.68. The number of rotatable bonds is 6. The predicted octanol–water partition coefficient (Wildman–Crippen LogP) is 0.647. The highest BCUT2D eigenvalue weighted by Crippen LogP contribution is 2.17. The number of benzene rings is 1. The Morgan fingerprint density at radius 2 is 2.25 bits per heavy atom. The molecule has 0 unspecified atom stereocenters. The number of aldehydes is 1. The lowest BCUT2D eigenvalue weighted by atomic mass is 10.1. The lowest BCUT2D eigenvalue weighted by Crippen LogP contribution is -2.21. The number of aliphatic hydroxyl groups excluding tert-OH is 1. The largest absolute Gasteiger partial charge is 0.395 e. The van der Waals surface area contributed by atoms with Gasteiger partial charge in [-0.3, -0.25) is 4.79 Å². The predicted molar refractivity (Wildman–Crippen MR) is 64.9 cm³/mol. The summed E-state index contributed by atoms with van der Waals surface area (Å²) in [5.41, 5.74) is 2.68. The summed E-state index contributed by atoms with van der Waals surface area (Å²) >= 11 is 0. The molecule has 1 aromatic rings. The summed E-state index contributed by atoms with van der Waals surface area (Å²) in [6, 6.07) is 5.66. The number of hydrogen-bond donors (Lipinski definition) is 2. The molecule has 0 radical (unpaired) electrons. The highest BCUT2D eigenvalue weighted by Gasteiger charge is 2.05.